The highest BCUT2D eigenvalue weighted by Crippen LogP contribution is 2.38. The maximum Gasteiger partial charge on any atom is 0.233 e. The maximum atomic E-state index is 14.1. The number of hydrogen-bond donors (Lipinski definition) is 0. The van der Waals surface area contributed by atoms with Gasteiger partial charge in [0.1, 0.15) is 5.65 Å². The van der Waals surface area contributed by atoms with E-state index in [1.54, 1.807) is 0 Å². The van der Waals surface area contributed by atoms with Crippen LogP contribution >= 0.6 is 0 Å². The van der Waals surface area contributed by atoms with Gasteiger partial charge in [-0.3, -0.25) is 4.79 Å². The highest BCUT2D eigenvalue weighted by Gasteiger charge is 2.44. The van der Waals surface area contributed by atoms with Gasteiger partial charge in [-0.1, -0.05) is 35.4 Å². The topological polar surface area (TPSA) is 46.8 Å². The number of ether oxygens (including phenoxy) is 1. The molecule has 0 N–H and O–H groups in total. The fourth-order valence-corrected chi connectivity index (χ4v) is 5.89. The average Bonchev–Trinajstić information content (AvgIpc) is 3.16. The van der Waals surface area contributed by atoms with Gasteiger partial charge in [-0.2, -0.15) is 0 Å². The number of imidazole rings is 1. The van der Waals surface area contributed by atoms with Crippen LogP contribution in [0, 0.1) is 19.8 Å². The molecule has 2 aromatic heterocycles. The Kier molecular flexibility index (Phi) is 6.24. The minimum atomic E-state index is -0.443. The van der Waals surface area contributed by atoms with Crippen LogP contribution in [0.1, 0.15) is 54.4 Å². The van der Waals surface area contributed by atoms with Gasteiger partial charge in [-0.05, 0) is 75.5 Å². The number of carbonyl (C=O) groups is 1. The Morgan fingerprint density at radius 3 is 2.67 bits per heavy atom. The second kappa shape index (κ2) is 9.30. The second-order valence-electron chi connectivity index (χ2n) is 10.1. The monoisotopic (exact) mass is 445 g/mol. The normalized spacial score (nSPS) is 21.2. The van der Waals surface area contributed by atoms with Crippen LogP contribution in [0.3, 0.4) is 0 Å². The summed E-state index contributed by atoms with van der Waals surface area (Å²) in [6.45, 7) is 7.29. The van der Waals surface area contributed by atoms with Gasteiger partial charge in [0.2, 0.25) is 5.91 Å². The Hall–Kier alpha value is -2.66. The fourth-order valence-electron chi connectivity index (χ4n) is 5.89. The Morgan fingerprint density at radius 2 is 1.88 bits per heavy atom. The SMILES string of the molecule is Cc1cc(C)cc(C2(C(=O)N3CCCC(Cc4ccc5nccn5c4)CC3)CCOCC2)c1. The number of carbonyl (C=O) groups excluding carboxylic acids is 1. The zero-order valence-electron chi connectivity index (χ0n) is 19.9. The Morgan fingerprint density at radius 1 is 1.09 bits per heavy atom. The van der Waals surface area contributed by atoms with Crippen molar-refractivity contribution in [2.75, 3.05) is 26.3 Å². The number of benzene rings is 1. The van der Waals surface area contributed by atoms with Crippen molar-refractivity contribution in [3.63, 3.8) is 0 Å². The number of aromatic nitrogens is 2. The van der Waals surface area contributed by atoms with Crippen LogP contribution in [0.15, 0.2) is 48.9 Å². The second-order valence-corrected chi connectivity index (χ2v) is 10.1. The van der Waals surface area contributed by atoms with Crippen LogP contribution in [0.25, 0.3) is 5.65 Å². The van der Waals surface area contributed by atoms with Gasteiger partial charge in [0.05, 0.1) is 5.41 Å². The molecule has 5 heteroatoms. The minimum absolute atomic E-state index is 0.316. The lowest BCUT2D eigenvalue weighted by Gasteiger charge is -2.40. The molecule has 1 atom stereocenters. The molecule has 2 aliphatic rings. The number of fused-ring (bicyclic) bond motifs is 1. The van der Waals surface area contributed by atoms with E-state index in [0.29, 0.717) is 25.0 Å². The number of amides is 1. The van der Waals surface area contributed by atoms with Crippen LogP contribution < -0.4 is 0 Å². The lowest BCUT2D eigenvalue weighted by atomic mass is 9.72. The van der Waals surface area contributed by atoms with Gasteiger partial charge in [-0.25, -0.2) is 4.98 Å². The van der Waals surface area contributed by atoms with Gasteiger partial charge in [0.25, 0.3) is 0 Å². The Labute approximate surface area is 196 Å². The van der Waals surface area contributed by atoms with Crippen molar-refractivity contribution in [1.29, 1.82) is 0 Å². The summed E-state index contributed by atoms with van der Waals surface area (Å²) >= 11 is 0. The summed E-state index contributed by atoms with van der Waals surface area (Å²) in [6, 6.07) is 10.9. The summed E-state index contributed by atoms with van der Waals surface area (Å²) in [5, 5.41) is 0. The number of pyridine rings is 1. The molecule has 0 aliphatic carbocycles. The highest BCUT2D eigenvalue weighted by atomic mass is 16.5. The summed E-state index contributed by atoms with van der Waals surface area (Å²) < 4.78 is 7.80. The summed E-state index contributed by atoms with van der Waals surface area (Å²) in [6.07, 6.45) is 12.0. The van der Waals surface area contributed by atoms with Crippen molar-refractivity contribution in [1.82, 2.24) is 14.3 Å². The molecule has 2 aliphatic heterocycles. The fraction of sp³-hybridized carbons (Fsp3) is 0.500. The Bertz CT molecular complexity index is 1110. The van der Waals surface area contributed by atoms with E-state index in [1.807, 2.05) is 12.4 Å². The molecule has 2 fully saturated rings. The molecule has 1 unspecified atom stereocenters. The van der Waals surface area contributed by atoms with E-state index in [1.165, 1.54) is 28.7 Å². The molecule has 4 heterocycles. The van der Waals surface area contributed by atoms with Crippen molar-refractivity contribution in [3.8, 4) is 0 Å². The average molecular weight is 446 g/mol. The van der Waals surface area contributed by atoms with Crippen molar-refractivity contribution >= 4 is 11.6 Å². The quantitative estimate of drug-likeness (QED) is 0.576. The highest BCUT2D eigenvalue weighted by molar-refractivity contribution is 5.88. The zero-order valence-corrected chi connectivity index (χ0v) is 19.9. The maximum absolute atomic E-state index is 14.1. The number of rotatable bonds is 4. The van der Waals surface area contributed by atoms with Gasteiger partial charge in [0.15, 0.2) is 0 Å². The van der Waals surface area contributed by atoms with Crippen LogP contribution in [0.5, 0.6) is 0 Å². The third-order valence-corrected chi connectivity index (χ3v) is 7.64. The van der Waals surface area contributed by atoms with Gasteiger partial charge < -0.3 is 14.0 Å². The number of nitrogens with zero attached hydrogens (tertiary/aromatic N) is 3. The Balaban J connectivity index is 1.32. The lowest BCUT2D eigenvalue weighted by Crippen LogP contribution is -2.50. The molecule has 0 saturated carbocycles. The predicted molar refractivity (Wildman–Crippen MR) is 130 cm³/mol. The van der Waals surface area contributed by atoms with E-state index < -0.39 is 5.41 Å². The number of likely N-dealkylation sites (tertiary alicyclic amines) is 1. The summed E-state index contributed by atoms with van der Waals surface area (Å²) in [5.41, 5.74) is 5.54. The van der Waals surface area contributed by atoms with Crippen molar-refractivity contribution in [2.24, 2.45) is 5.92 Å². The van der Waals surface area contributed by atoms with E-state index in [2.05, 4.69) is 64.7 Å². The first-order valence-corrected chi connectivity index (χ1v) is 12.4. The minimum Gasteiger partial charge on any atom is -0.381 e. The lowest BCUT2D eigenvalue weighted by molar-refractivity contribution is -0.141. The smallest absolute Gasteiger partial charge is 0.233 e. The molecule has 1 amide bonds. The van der Waals surface area contributed by atoms with E-state index in [4.69, 9.17) is 4.74 Å². The molecular formula is C28H35N3O2. The van der Waals surface area contributed by atoms with Crippen molar-refractivity contribution in [3.05, 3.63) is 71.2 Å². The molecule has 0 bridgehead atoms. The van der Waals surface area contributed by atoms with Gasteiger partial charge >= 0.3 is 0 Å². The molecule has 5 rings (SSSR count). The molecule has 5 nitrogen and oxygen atoms in total. The first-order chi connectivity index (χ1) is 16.0. The standard InChI is InChI=1S/C28H35N3O2/c1-21-16-22(2)18-25(17-21)28(8-14-33-15-9-28)27(32)30-11-3-4-23(7-12-30)19-24-5-6-26-29-10-13-31(26)20-24/h5-6,10,13,16-18,20,23H,3-4,7-9,11-12,14-15,19H2,1-2H3. The molecule has 0 spiro atoms. The van der Waals surface area contributed by atoms with E-state index >= 15 is 0 Å². The van der Waals surface area contributed by atoms with Crippen LogP contribution in [-0.2, 0) is 21.4 Å². The third-order valence-electron chi connectivity index (χ3n) is 7.64. The third kappa shape index (κ3) is 4.56. The molecule has 3 aromatic rings. The van der Waals surface area contributed by atoms with E-state index in [-0.39, 0.29) is 0 Å². The largest absolute Gasteiger partial charge is 0.381 e. The van der Waals surface area contributed by atoms with Gasteiger partial charge in [-0.15, -0.1) is 0 Å². The van der Waals surface area contributed by atoms with Crippen molar-refractivity contribution < 1.29 is 9.53 Å². The molecule has 1 aromatic carbocycles. The van der Waals surface area contributed by atoms with Gasteiger partial charge in [0, 0.05) is 44.9 Å². The summed E-state index contributed by atoms with van der Waals surface area (Å²) in [4.78, 5) is 20.6. The van der Waals surface area contributed by atoms with E-state index in [0.717, 1.165) is 50.8 Å². The molecule has 33 heavy (non-hydrogen) atoms. The summed E-state index contributed by atoms with van der Waals surface area (Å²) in [5.74, 6) is 0.923. The first kappa shape index (κ1) is 22.1. The summed E-state index contributed by atoms with van der Waals surface area (Å²) in [7, 11) is 0. The molecule has 0 radical (unpaired) electrons. The molecule has 174 valence electrons. The van der Waals surface area contributed by atoms with Crippen LogP contribution in [0.4, 0.5) is 0 Å². The number of hydrogen-bond acceptors (Lipinski definition) is 3. The van der Waals surface area contributed by atoms with Crippen molar-refractivity contribution in [2.45, 2.75) is 57.8 Å². The zero-order chi connectivity index (χ0) is 22.8. The van der Waals surface area contributed by atoms with Crippen LogP contribution in [0.2, 0.25) is 0 Å². The molecule has 2 saturated heterocycles. The molecular weight excluding hydrogens is 410 g/mol. The first-order valence-electron chi connectivity index (χ1n) is 12.4. The van der Waals surface area contributed by atoms with E-state index in [9.17, 15) is 4.79 Å². The number of aryl methyl sites for hydroxylation is 2. The van der Waals surface area contributed by atoms with Crippen LogP contribution in [-0.4, -0.2) is 46.5 Å². The predicted octanol–water partition coefficient (Wildman–Crippen LogP) is 4.87.